The molecule has 1 unspecified atom stereocenters. The van der Waals surface area contributed by atoms with Gasteiger partial charge in [0.25, 0.3) is 5.91 Å². The number of terminal acetylenes is 1. The van der Waals surface area contributed by atoms with E-state index in [4.69, 9.17) is 6.42 Å². The van der Waals surface area contributed by atoms with Gasteiger partial charge in [0, 0.05) is 19.0 Å². The Morgan fingerprint density at radius 3 is 3.08 bits per heavy atom. The Labute approximate surface area is 70.7 Å². The third-order valence-corrected chi connectivity index (χ3v) is 1.73. The summed E-state index contributed by atoms with van der Waals surface area (Å²) in [6.07, 6.45) is 6.14. The topological polar surface area (TPSA) is 58.2 Å². The lowest BCUT2D eigenvalue weighted by Crippen LogP contribution is -2.37. The molecule has 1 saturated heterocycles. The van der Waals surface area contributed by atoms with E-state index in [0.717, 1.165) is 6.42 Å². The van der Waals surface area contributed by atoms with Crippen molar-refractivity contribution in [3.63, 3.8) is 0 Å². The lowest BCUT2D eigenvalue weighted by molar-refractivity contribution is -0.120. The molecule has 1 heterocycles. The minimum Gasteiger partial charge on any atom is -0.352 e. The first-order valence-corrected chi connectivity index (χ1v) is 3.76. The molecule has 1 aliphatic heterocycles. The largest absolute Gasteiger partial charge is 0.352 e. The lowest BCUT2D eigenvalue weighted by Gasteiger charge is -2.08. The van der Waals surface area contributed by atoms with Crippen molar-refractivity contribution < 1.29 is 9.59 Å². The van der Waals surface area contributed by atoms with Gasteiger partial charge in [0.2, 0.25) is 5.91 Å². The van der Waals surface area contributed by atoms with Gasteiger partial charge in [-0.2, -0.15) is 0 Å². The van der Waals surface area contributed by atoms with Gasteiger partial charge in [-0.15, -0.1) is 6.42 Å². The van der Waals surface area contributed by atoms with Crippen molar-refractivity contribution in [2.45, 2.75) is 18.9 Å². The summed E-state index contributed by atoms with van der Waals surface area (Å²) in [5.41, 5.74) is 0. The standard InChI is InChI=1S/C8H10N2O2/c1-2-7(11)9-5-6-3-4-8(12)10-6/h1,6H,3-5H2,(H,9,11)(H,10,12). The second-order valence-electron chi connectivity index (χ2n) is 2.66. The molecular formula is C8H10N2O2. The zero-order valence-electron chi connectivity index (χ0n) is 6.59. The number of amides is 2. The van der Waals surface area contributed by atoms with Crippen LogP contribution in [0, 0.1) is 12.3 Å². The van der Waals surface area contributed by atoms with Gasteiger partial charge in [-0.05, 0) is 12.3 Å². The van der Waals surface area contributed by atoms with Crippen LogP contribution in [-0.2, 0) is 9.59 Å². The molecule has 0 spiro atoms. The normalized spacial score (nSPS) is 21.2. The number of carbonyl (C=O) groups is 2. The number of carbonyl (C=O) groups excluding carboxylic acids is 2. The number of rotatable bonds is 2. The average molecular weight is 166 g/mol. The summed E-state index contributed by atoms with van der Waals surface area (Å²) in [6.45, 7) is 0.425. The molecule has 4 heteroatoms. The molecule has 2 amide bonds. The van der Waals surface area contributed by atoms with Gasteiger partial charge >= 0.3 is 0 Å². The van der Waals surface area contributed by atoms with Crippen LogP contribution in [0.3, 0.4) is 0 Å². The highest BCUT2D eigenvalue weighted by Gasteiger charge is 2.20. The molecule has 0 bridgehead atoms. The molecule has 1 atom stereocenters. The van der Waals surface area contributed by atoms with Crippen LogP contribution in [0.25, 0.3) is 0 Å². The maximum Gasteiger partial charge on any atom is 0.295 e. The van der Waals surface area contributed by atoms with Gasteiger partial charge in [0.05, 0.1) is 0 Å². The maximum absolute atomic E-state index is 10.7. The highest BCUT2D eigenvalue weighted by molar-refractivity contribution is 5.92. The molecule has 1 fully saturated rings. The van der Waals surface area contributed by atoms with Crippen molar-refractivity contribution in [1.29, 1.82) is 0 Å². The van der Waals surface area contributed by atoms with Gasteiger partial charge in [0.15, 0.2) is 0 Å². The van der Waals surface area contributed by atoms with Gasteiger partial charge < -0.3 is 10.6 Å². The van der Waals surface area contributed by atoms with Crippen LogP contribution >= 0.6 is 0 Å². The van der Waals surface area contributed by atoms with E-state index >= 15 is 0 Å². The van der Waals surface area contributed by atoms with E-state index in [-0.39, 0.29) is 11.9 Å². The molecule has 4 nitrogen and oxygen atoms in total. The van der Waals surface area contributed by atoms with Crippen LogP contribution in [0.2, 0.25) is 0 Å². The van der Waals surface area contributed by atoms with Crippen LogP contribution in [0.1, 0.15) is 12.8 Å². The third kappa shape index (κ3) is 2.27. The van der Waals surface area contributed by atoms with Crippen LogP contribution < -0.4 is 10.6 Å². The second kappa shape index (κ2) is 3.77. The van der Waals surface area contributed by atoms with Crippen LogP contribution in [0.15, 0.2) is 0 Å². The molecule has 2 N–H and O–H groups in total. The fourth-order valence-corrected chi connectivity index (χ4v) is 1.10. The Balaban J connectivity index is 2.21. The summed E-state index contributed by atoms with van der Waals surface area (Å²) in [4.78, 5) is 21.3. The third-order valence-electron chi connectivity index (χ3n) is 1.73. The molecule has 0 aromatic heterocycles. The molecule has 0 aromatic rings. The van der Waals surface area contributed by atoms with Crippen molar-refractivity contribution in [2.24, 2.45) is 0 Å². The van der Waals surface area contributed by atoms with E-state index in [1.165, 1.54) is 0 Å². The Kier molecular flexibility index (Phi) is 2.70. The SMILES string of the molecule is C#CC(=O)NCC1CCC(=O)N1. The lowest BCUT2D eigenvalue weighted by atomic mass is 10.2. The molecule has 0 aliphatic carbocycles. The Morgan fingerprint density at radius 1 is 1.83 bits per heavy atom. The van der Waals surface area contributed by atoms with E-state index in [1.807, 2.05) is 5.92 Å². The van der Waals surface area contributed by atoms with Crippen molar-refractivity contribution in [2.75, 3.05) is 6.54 Å². The molecule has 12 heavy (non-hydrogen) atoms. The quantitative estimate of drug-likeness (QED) is 0.518. The zero-order chi connectivity index (χ0) is 8.97. The Morgan fingerprint density at radius 2 is 2.58 bits per heavy atom. The van der Waals surface area contributed by atoms with Crippen LogP contribution in [-0.4, -0.2) is 24.4 Å². The summed E-state index contributed by atoms with van der Waals surface area (Å²) in [5.74, 6) is 1.54. The highest BCUT2D eigenvalue weighted by Crippen LogP contribution is 2.04. The first-order chi connectivity index (χ1) is 5.72. The van der Waals surface area contributed by atoms with Crippen molar-refractivity contribution in [1.82, 2.24) is 10.6 Å². The van der Waals surface area contributed by atoms with E-state index < -0.39 is 5.91 Å². The molecule has 0 aromatic carbocycles. The Bertz CT molecular complexity index is 242. The second-order valence-corrected chi connectivity index (χ2v) is 2.66. The fraction of sp³-hybridized carbons (Fsp3) is 0.500. The summed E-state index contributed by atoms with van der Waals surface area (Å²) in [5, 5.41) is 5.22. The minimum absolute atomic E-state index is 0.0370. The molecule has 0 radical (unpaired) electrons. The Hall–Kier alpha value is -1.50. The number of hydrogen-bond donors (Lipinski definition) is 2. The van der Waals surface area contributed by atoms with Gasteiger partial charge in [-0.3, -0.25) is 9.59 Å². The molecular weight excluding hydrogens is 156 g/mol. The molecule has 64 valence electrons. The van der Waals surface area contributed by atoms with E-state index in [2.05, 4.69) is 10.6 Å². The summed E-state index contributed by atoms with van der Waals surface area (Å²) in [6, 6.07) is 0.0507. The summed E-state index contributed by atoms with van der Waals surface area (Å²) >= 11 is 0. The number of nitrogens with one attached hydrogen (secondary N) is 2. The van der Waals surface area contributed by atoms with Crippen LogP contribution in [0.5, 0.6) is 0 Å². The van der Waals surface area contributed by atoms with Gasteiger partial charge in [-0.1, -0.05) is 0 Å². The fourth-order valence-electron chi connectivity index (χ4n) is 1.10. The zero-order valence-corrected chi connectivity index (χ0v) is 6.59. The predicted molar refractivity (Wildman–Crippen MR) is 43.0 cm³/mol. The first kappa shape index (κ1) is 8.60. The maximum atomic E-state index is 10.7. The monoisotopic (exact) mass is 166 g/mol. The van der Waals surface area contributed by atoms with Gasteiger partial charge in [-0.25, -0.2) is 0 Å². The van der Waals surface area contributed by atoms with Crippen molar-refractivity contribution in [3.8, 4) is 12.3 Å². The van der Waals surface area contributed by atoms with Gasteiger partial charge in [0.1, 0.15) is 0 Å². The summed E-state index contributed by atoms with van der Waals surface area (Å²) in [7, 11) is 0. The highest BCUT2D eigenvalue weighted by atomic mass is 16.2. The van der Waals surface area contributed by atoms with Crippen LogP contribution in [0.4, 0.5) is 0 Å². The average Bonchev–Trinajstić information content (AvgIpc) is 2.47. The predicted octanol–water partition coefficient (Wildman–Crippen LogP) is -0.986. The van der Waals surface area contributed by atoms with E-state index in [9.17, 15) is 9.59 Å². The smallest absolute Gasteiger partial charge is 0.295 e. The first-order valence-electron chi connectivity index (χ1n) is 3.76. The molecule has 0 saturated carbocycles. The molecule has 1 aliphatic rings. The van der Waals surface area contributed by atoms with E-state index in [1.54, 1.807) is 0 Å². The summed E-state index contributed by atoms with van der Waals surface area (Å²) < 4.78 is 0. The van der Waals surface area contributed by atoms with Crippen molar-refractivity contribution >= 4 is 11.8 Å². The van der Waals surface area contributed by atoms with Crippen molar-refractivity contribution in [3.05, 3.63) is 0 Å². The molecule has 1 rings (SSSR count). The minimum atomic E-state index is -0.434. The number of hydrogen-bond acceptors (Lipinski definition) is 2. The van der Waals surface area contributed by atoms with E-state index in [0.29, 0.717) is 13.0 Å².